The van der Waals surface area contributed by atoms with Crippen molar-refractivity contribution >= 4 is 11.6 Å². The zero-order valence-electron chi connectivity index (χ0n) is 9.42. The van der Waals surface area contributed by atoms with Crippen molar-refractivity contribution in [1.29, 1.82) is 5.26 Å². The summed E-state index contributed by atoms with van der Waals surface area (Å²) in [5, 5.41) is 20.7. The van der Waals surface area contributed by atoms with Crippen molar-refractivity contribution in [2.75, 3.05) is 5.32 Å². The minimum absolute atomic E-state index is 0.101. The number of aromatic hydroxyl groups is 1. The number of nitriles is 1. The maximum absolute atomic E-state index is 11.9. The Morgan fingerprint density at radius 2 is 1.78 bits per heavy atom. The van der Waals surface area contributed by atoms with E-state index >= 15 is 0 Å². The lowest BCUT2D eigenvalue weighted by atomic mass is 10.1. The lowest BCUT2D eigenvalue weighted by Gasteiger charge is -2.06. The van der Waals surface area contributed by atoms with E-state index in [0.717, 1.165) is 0 Å². The summed E-state index contributed by atoms with van der Waals surface area (Å²) in [6, 6.07) is 14.7. The van der Waals surface area contributed by atoms with Gasteiger partial charge in [-0.25, -0.2) is 0 Å². The monoisotopic (exact) mass is 238 g/mol. The summed E-state index contributed by atoms with van der Waals surface area (Å²) in [4.78, 5) is 11.9. The Bertz CT molecular complexity index is 612. The first-order chi connectivity index (χ1) is 8.70. The molecule has 18 heavy (non-hydrogen) atoms. The second-order valence-electron chi connectivity index (χ2n) is 3.66. The molecule has 0 spiro atoms. The third kappa shape index (κ3) is 2.47. The quantitative estimate of drug-likeness (QED) is 0.844. The minimum atomic E-state index is -0.322. The molecule has 0 bridgehead atoms. The number of hydrogen-bond acceptors (Lipinski definition) is 3. The average Bonchev–Trinajstić information content (AvgIpc) is 2.40. The summed E-state index contributed by atoms with van der Waals surface area (Å²) >= 11 is 0. The molecule has 4 nitrogen and oxygen atoms in total. The predicted molar refractivity (Wildman–Crippen MR) is 67.2 cm³/mol. The molecule has 4 heteroatoms. The number of para-hydroxylation sites is 1. The number of anilines is 1. The highest BCUT2D eigenvalue weighted by Gasteiger charge is 2.08. The third-order valence-electron chi connectivity index (χ3n) is 2.43. The molecule has 0 aromatic heterocycles. The van der Waals surface area contributed by atoms with Crippen LogP contribution in [-0.4, -0.2) is 11.0 Å². The van der Waals surface area contributed by atoms with Crippen LogP contribution in [-0.2, 0) is 0 Å². The number of carbonyl (C=O) groups is 1. The molecule has 0 saturated carbocycles. The van der Waals surface area contributed by atoms with Crippen molar-refractivity contribution < 1.29 is 9.90 Å². The fraction of sp³-hybridized carbons (Fsp3) is 0. The number of hydrogen-bond donors (Lipinski definition) is 2. The van der Waals surface area contributed by atoms with Crippen molar-refractivity contribution in [2.24, 2.45) is 0 Å². The van der Waals surface area contributed by atoms with Gasteiger partial charge in [0.1, 0.15) is 11.8 Å². The first kappa shape index (κ1) is 11.7. The number of amides is 1. The number of rotatable bonds is 2. The lowest BCUT2D eigenvalue weighted by Crippen LogP contribution is -2.12. The Kier molecular flexibility index (Phi) is 3.26. The molecule has 0 saturated heterocycles. The second-order valence-corrected chi connectivity index (χ2v) is 3.66. The molecule has 1 amide bonds. The van der Waals surface area contributed by atoms with Crippen LogP contribution in [0.4, 0.5) is 5.69 Å². The first-order valence-corrected chi connectivity index (χ1v) is 5.30. The van der Waals surface area contributed by atoms with Crippen molar-refractivity contribution in [1.82, 2.24) is 0 Å². The zero-order valence-corrected chi connectivity index (χ0v) is 9.42. The van der Waals surface area contributed by atoms with Crippen LogP contribution in [0.25, 0.3) is 0 Å². The molecule has 0 unspecified atom stereocenters. The zero-order chi connectivity index (χ0) is 13.0. The van der Waals surface area contributed by atoms with Gasteiger partial charge in [-0.1, -0.05) is 12.1 Å². The smallest absolute Gasteiger partial charge is 0.255 e. The average molecular weight is 238 g/mol. The van der Waals surface area contributed by atoms with Crippen LogP contribution in [0.2, 0.25) is 0 Å². The number of nitrogens with one attached hydrogen (secondary N) is 1. The second kappa shape index (κ2) is 5.02. The highest BCUT2D eigenvalue weighted by atomic mass is 16.3. The van der Waals surface area contributed by atoms with Crippen LogP contribution < -0.4 is 5.32 Å². The Morgan fingerprint density at radius 3 is 2.44 bits per heavy atom. The molecular formula is C14H10N2O2. The van der Waals surface area contributed by atoms with Crippen LogP contribution in [0.3, 0.4) is 0 Å². The number of phenols is 1. The molecule has 2 aromatic rings. The van der Waals surface area contributed by atoms with Crippen molar-refractivity contribution in [2.45, 2.75) is 0 Å². The summed E-state index contributed by atoms with van der Waals surface area (Å²) in [5.74, 6) is -0.221. The SMILES string of the molecule is N#Cc1ccccc1NC(=O)c1ccc(O)cc1. The highest BCUT2D eigenvalue weighted by Crippen LogP contribution is 2.16. The number of phenolic OH excluding ortho intramolecular Hbond substituents is 1. The van der Waals surface area contributed by atoms with E-state index in [4.69, 9.17) is 10.4 Å². The first-order valence-electron chi connectivity index (χ1n) is 5.30. The molecular weight excluding hydrogens is 228 g/mol. The molecule has 0 aliphatic heterocycles. The van der Waals surface area contributed by atoms with Gasteiger partial charge >= 0.3 is 0 Å². The van der Waals surface area contributed by atoms with Gasteiger partial charge in [-0.15, -0.1) is 0 Å². The van der Waals surface area contributed by atoms with Gasteiger partial charge in [-0.2, -0.15) is 5.26 Å². The largest absolute Gasteiger partial charge is 0.508 e. The van der Waals surface area contributed by atoms with Gasteiger partial charge in [-0.05, 0) is 36.4 Å². The summed E-state index contributed by atoms with van der Waals surface area (Å²) in [7, 11) is 0. The normalized spacial score (nSPS) is 9.50. The van der Waals surface area contributed by atoms with Gasteiger partial charge in [0.2, 0.25) is 0 Å². The van der Waals surface area contributed by atoms with E-state index in [1.807, 2.05) is 6.07 Å². The Balaban J connectivity index is 2.22. The van der Waals surface area contributed by atoms with Crippen LogP contribution >= 0.6 is 0 Å². The van der Waals surface area contributed by atoms with Gasteiger partial charge in [0, 0.05) is 5.56 Å². The molecule has 0 aliphatic carbocycles. The summed E-state index contributed by atoms with van der Waals surface area (Å²) in [6.45, 7) is 0. The van der Waals surface area contributed by atoms with Crippen LogP contribution in [0.5, 0.6) is 5.75 Å². The topological polar surface area (TPSA) is 73.1 Å². The molecule has 0 heterocycles. The molecule has 2 N–H and O–H groups in total. The Morgan fingerprint density at radius 1 is 1.11 bits per heavy atom. The van der Waals surface area contributed by atoms with Gasteiger partial charge in [0.25, 0.3) is 5.91 Å². The molecule has 0 aliphatic rings. The predicted octanol–water partition coefficient (Wildman–Crippen LogP) is 2.52. The molecule has 2 rings (SSSR count). The molecule has 0 atom stereocenters. The summed E-state index contributed by atoms with van der Waals surface area (Å²) in [5.41, 5.74) is 1.29. The van der Waals surface area contributed by atoms with Crippen molar-refractivity contribution in [3.63, 3.8) is 0 Å². The van der Waals surface area contributed by atoms with Gasteiger partial charge < -0.3 is 10.4 Å². The Labute approximate surface area is 104 Å². The van der Waals surface area contributed by atoms with Crippen molar-refractivity contribution in [3.05, 3.63) is 59.7 Å². The van der Waals surface area contributed by atoms with E-state index in [0.29, 0.717) is 16.8 Å². The maximum Gasteiger partial charge on any atom is 0.255 e. The van der Waals surface area contributed by atoms with E-state index < -0.39 is 0 Å². The number of benzene rings is 2. The fourth-order valence-electron chi connectivity index (χ4n) is 1.50. The van der Waals surface area contributed by atoms with E-state index in [-0.39, 0.29) is 11.7 Å². The number of nitrogens with zero attached hydrogens (tertiary/aromatic N) is 1. The number of carbonyl (C=O) groups excluding carboxylic acids is 1. The maximum atomic E-state index is 11.9. The Hall–Kier alpha value is -2.80. The summed E-state index contributed by atoms with van der Waals surface area (Å²) < 4.78 is 0. The lowest BCUT2D eigenvalue weighted by molar-refractivity contribution is 0.102. The molecule has 88 valence electrons. The molecule has 2 aromatic carbocycles. The van der Waals surface area contributed by atoms with E-state index in [2.05, 4.69) is 5.32 Å². The van der Waals surface area contributed by atoms with Crippen molar-refractivity contribution in [3.8, 4) is 11.8 Å². The van der Waals surface area contributed by atoms with Gasteiger partial charge in [0.05, 0.1) is 11.3 Å². The van der Waals surface area contributed by atoms with E-state index in [9.17, 15) is 4.79 Å². The molecule has 0 fully saturated rings. The fourth-order valence-corrected chi connectivity index (χ4v) is 1.50. The highest BCUT2D eigenvalue weighted by molar-refractivity contribution is 6.04. The van der Waals surface area contributed by atoms with E-state index in [1.165, 1.54) is 24.3 Å². The van der Waals surface area contributed by atoms with Crippen LogP contribution in [0.15, 0.2) is 48.5 Å². The van der Waals surface area contributed by atoms with E-state index in [1.54, 1.807) is 24.3 Å². The van der Waals surface area contributed by atoms with Crippen LogP contribution in [0, 0.1) is 11.3 Å². The van der Waals surface area contributed by atoms with Gasteiger partial charge in [-0.3, -0.25) is 4.79 Å². The van der Waals surface area contributed by atoms with Gasteiger partial charge in [0.15, 0.2) is 0 Å². The standard InChI is InChI=1S/C14H10N2O2/c15-9-11-3-1-2-4-13(11)16-14(18)10-5-7-12(17)8-6-10/h1-8,17H,(H,16,18). The molecule has 0 radical (unpaired) electrons. The van der Waals surface area contributed by atoms with Crippen LogP contribution in [0.1, 0.15) is 15.9 Å². The third-order valence-corrected chi connectivity index (χ3v) is 2.43. The minimum Gasteiger partial charge on any atom is -0.508 e. The summed E-state index contributed by atoms with van der Waals surface area (Å²) in [6.07, 6.45) is 0.